The Labute approximate surface area is 178 Å². The first-order valence-corrected chi connectivity index (χ1v) is 10.0. The Hall–Kier alpha value is -2.81. The molecule has 9 heteroatoms. The van der Waals surface area contributed by atoms with Crippen molar-refractivity contribution < 1.29 is 31.8 Å². The molecule has 2 aromatic carbocycles. The van der Waals surface area contributed by atoms with Crippen molar-refractivity contribution in [3.05, 3.63) is 59.9 Å². The summed E-state index contributed by atoms with van der Waals surface area (Å²) in [5.74, 6) is -0.498. The molecule has 5 nitrogen and oxygen atoms in total. The largest absolute Gasteiger partial charge is 0.573 e. The van der Waals surface area contributed by atoms with E-state index in [-0.39, 0.29) is 23.8 Å². The first-order valence-electron chi connectivity index (χ1n) is 10.0. The van der Waals surface area contributed by atoms with Crippen molar-refractivity contribution in [1.29, 1.82) is 0 Å². The van der Waals surface area contributed by atoms with E-state index in [1.165, 1.54) is 24.3 Å². The second-order valence-electron chi connectivity index (χ2n) is 7.20. The Balaban J connectivity index is 1.37. The van der Waals surface area contributed by atoms with Crippen LogP contribution in [0.5, 0.6) is 11.5 Å². The molecule has 0 aliphatic carbocycles. The van der Waals surface area contributed by atoms with E-state index in [2.05, 4.69) is 9.64 Å². The van der Waals surface area contributed by atoms with E-state index < -0.39 is 12.2 Å². The molecular weight excluding hydrogens is 416 g/mol. The van der Waals surface area contributed by atoms with Crippen LogP contribution in [0.25, 0.3) is 0 Å². The summed E-state index contributed by atoms with van der Waals surface area (Å²) >= 11 is 0. The molecule has 0 radical (unpaired) electrons. The Morgan fingerprint density at radius 2 is 1.74 bits per heavy atom. The lowest BCUT2D eigenvalue weighted by Crippen LogP contribution is -2.49. The number of nitrogens with zero attached hydrogens (tertiary/aromatic N) is 2. The number of aryl methyl sites for hydroxylation is 1. The molecular formula is C22H24F4N2O3. The van der Waals surface area contributed by atoms with Crippen molar-refractivity contribution in [3.63, 3.8) is 0 Å². The van der Waals surface area contributed by atoms with Crippen LogP contribution < -0.4 is 9.47 Å². The van der Waals surface area contributed by atoms with Gasteiger partial charge in [0.15, 0.2) is 11.6 Å². The maximum Gasteiger partial charge on any atom is 0.573 e. The summed E-state index contributed by atoms with van der Waals surface area (Å²) in [6.45, 7) is 3.47. The minimum Gasteiger partial charge on any atom is -0.489 e. The van der Waals surface area contributed by atoms with Gasteiger partial charge in [-0.2, -0.15) is 0 Å². The highest BCUT2D eigenvalue weighted by molar-refractivity contribution is 5.76. The van der Waals surface area contributed by atoms with Crippen molar-refractivity contribution in [1.82, 2.24) is 9.80 Å². The van der Waals surface area contributed by atoms with E-state index in [1.807, 2.05) is 0 Å². The van der Waals surface area contributed by atoms with Crippen LogP contribution in [0.15, 0.2) is 48.5 Å². The molecule has 0 N–H and O–H groups in total. The van der Waals surface area contributed by atoms with Gasteiger partial charge in [-0.3, -0.25) is 9.69 Å². The summed E-state index contributed by atoms with van der Waals surface area (Å²) < 4.78 is 59.9. The molecule has 1 saturated heterocycles. The number of hydrogen-bond acceptors (Lipinski definition) is 4. The maximum absolute atomic E-state index is 13.5. The number of para-hydroxylation sites is 1. The van der Waals surface area contributed by atoms with Gasteiger partial charge in [0.25, 0.3) is 0 Å². The van der Waals surface area contributed by atoms with Gasteiger partial charge in [0, 0.05) is 39.1 Å². The van der Waals surface area contributed by atoms with E-state index in [4.69, 9.17) is 4.74 Å². The second kappa shape index (κ2) is 10.5. The number of halogens is 4. The quantitative estimate of drug-likeness (QED) is 0.585. The van der Waals surface area contributed by atoms with Gasteiger partial charge in [0.05, 0.1) is 0 Å². The average molecular weight is 440 g/mol. The lowest BCUT2D eigenvalue weighted by atomic mass is 10.1. The van der Waals surface area contributed by atoms with Crippen molar-refractivity contribution >= 4 is 5.91 Å². The zero-order chi connectivity index (χ0) is 22.3. The van der Waals surface area contributed by atoms with Crippen molar-refractivity contribution in [2.45, 2.75) is 19.2 Å². The molecule has 31 heavy (non-hydrogen) atoms. The van der Waals surface area contributed by atoms with Crippen LogP contribution in [0.4, 0.5) is 17.6 Å². The van der Waals surface area contributed by atoms with E-state index in [0.717, 1.165) is 0 Å². The van der Waals surface area contributed by atoms with E-state index >= 15 is 0 Å². The zero-order valence-electron chi connectivity index (χ0n) is 16.9. The van der Waals surface area contributed by atoms with Gasteiger partial charge in [-0.15, -0.1) is 13.2 Å². The normalized spacial score (nSPS) is 15.0. The smallest absolute Gasteiger partial charge is 0.489 e. The van der Waals surface area contributed by atoms with Crippen LogP contribution in [0.3, 0.4) is 0 Å². The molecule has 1 aliphatic heterocycles. The van der Waals surface area contributed by atoms with Gasteiger partial charge in [0.2, 0.25) is 5.91 Å². The number of benzene rings is 2. The minimum atomic E-state index is -4.74. The summed E-state index contributed by atoms with van der Waals surface area (Å²) in [5, 5.41) is 0. The number of hydrogen-bond donors (Lipinski definition) is 0. The van der Waals surface area contributed by atoms with Crippen LogP contribution in [0, 0.1) is 5.82 Å². The van der Waals surface area contributed by atoms with Crippen LogP contribution >= 0.6 is 0 Å². The molecule has 0 bridgehead atoms. The third kappa shape index (κ3) is 7.43. The molecule has 0 aromatic heterocycles. The van der Waals surface area contributed by atoms with Crippen LogP contribution in [0.2, 0.25) is 0 Å². The summed E-state index contributed by atoms with van der Waals surface area (Å²) in [6, 6.07) is 11.9. The molecule has 0 spiro atoms. The van der Waals surface area contributed by atoms with E-state index in [1.54, 1.807) is 29.2 Å². The number of carbonyl (C=O) groups is 1. The molecule has 3 rings (SSSR count). The minimum absolute atomic E-state index is 0.0376. The predicted octanol–water partition coefficient (Wildman–Crippen LogP) is 3.88. The zero-order valence-corrected chi connectivity index (χ0v) is 16.9. The molecule has 0 saturated carbocycles. The number of piperazine rings is 1. The highest BCUT2D eigenvalue weighted by Gasteiger charge is 2.31. The fourth-order valence-electron chi connectivity index (χ4n) is 3.37. The molecule has 0 unspecified atom stereocenters. The second-order valence-corrected chi connectivity index (χ2v) is 7.20. The first-order chi connectivity index (χ1) is 14.8. The lowest BCUT2D eigenvalue weighted by molar-refractivity contribution is -0.274. The number of alkyl halides is 3. The van der Waals surface area contributed by atoms with E-state index in [9.17, 15) is 22.4 Å². The molecule has 1 heterocycles. The Morgan fingerprint density at radius 1 is 1.00 bits per heavy atom. The summed E-state index contributed by atoms with van der Waals surface area (Å²) in [5.41, 5.74) is 0.610. The molecule has 1 amide bonds. The fourth-order valence-corrected chi connectivity index (χ4v) is 3.37. The predicted molar refractivity (Wildman–Crippen MR) is 106 cm³/mol. The van der Waals surface area contributed by atoms with Gasteiger partial charge in [0.1, 0.15) is 12.4 Å². The molecule has 168 valence electrons. The maximum atomic E-state index is 13.5. The third-order valence-electron chi connectivity index (χ3n) is 4.99. The summed E-state index contributed by atoms with van der Waals surface area (Å²) in [7, 11) is 0. The van der Waals surface area contributed by atoms with Crippen LogP contribution in [-0.4, -0.2) is 61.4 Å². The molecule has 0 atom stereocenters. The Bertz CT molecular complexity index is 868. The number of ether oxygens (including phenoxy) is 2. The highest BCUT2D eigenvalue weighted by atomic mass is 19.4. The Morgan fingerprint density at radius 3 is 2.45 bits per heavy atom. The van der Waals surface area contributed by atoms with Gasteiger partial charge in [-0.1, -0.05) is 24.3 Å². The van der Waals surface area contributed by atoms with Crippen LogP contribution in [-0.2, 0) is 11.2 Å². The van der Waals surface area contributed by atoms with E-state index in [0.29, 0.717) is 51.3 Å². The van der Waals surface area contributed by atoms with Crippen LogP contribution in [0.1, 0.15) is 12.0 Å². The topological polar surface area (TPSA) is 42.0 Å². The number of amides is 1. The first kappa shape index (κ1) is 22.9. The highest BCUT2D eigenvalue weighted by Crippen LogP contribution is 2.24. The van der Waals surface area contributed by atoms with Gasteiger partial charge >= 0.3 is 6.36 Å². The number of carbonyl (C=O) groups excluding carboxylic acids is 1. The molecule has 1 aliphatic rings. The Kier molecular flexibility index (Phi) is 7.73. The fraction of sp³-hybridized carbons (Fsp3) is 0.409. The number of rotatable bonds is 8. The van der Waals surface area contributed by atoms with Gasteiger partial charge < -0.3 is 14.4 Å². The summed E-state index contributed by atoms with van der Waals surface area (Å²) in [6.07, 6.45) is -4.19. The van der Waals surface area contributed by atoms with Crippen molar-refractivity contribution in [3.8, 4) is 11.5 Å². The molecule has 1 fully saturated rings. The van der Waals surface area contributed by atoms with Crippen molar-refractivity contribution in [2.24, 2.45) is 0 Å². The average Bonchev–Trinajstić information content (AvgIpc) is 2.73. The lowest BCUT2D eigenvalue weighted by Gasteiger charge is -2.34. The monoisotopic (exact) mass is 440 g/mol. The van der Waals surface area contributed by atoms with Crippen molar-refractivity contribution in [2.75, 3.05) is 39.3 Å². The van der Waals surface area contributed by atoms with Gasteiger partial charge in [-0.25, -0.2) is 4.39 Å². The van der Waals surface area contributed by atoms with Gasteiger partial charge in [-0.05, 0) is 36.2 Å². The standard InChI is InChI=1S/C22H24F4N2O3/c23-19-6-1-2-7-20(19)30-15-14-27-10-12-28(13-11-27)21(29)9-8-17-4-3-5-18(16-17)31-22(24,25)26/h1-7,16H,8-15H2. The third-order valence-corrected chi connectivity index (χ3v) is 4.99. The SMILES string of the molecule is O=C(CCc1cccc(OC(F)(F)F)c1)N1CCN(CCOc2ccccc2F)CC1. The molecule has 2 aromatic rings. The summed E-state index contributed by atoms with van der Waals surface area (Å²) in [4.78, 5) is 16.4.